The fraction of sp³-hybridized carbons (Fsp3) is 0.793. The third-order valence-corrected chi connectivity index (χ3v) is 16.0. The average Bonchev–Trinajstić information content (AvgIpc) is 3.35. The van der Waals surface area contributed by atoms with E-state index >= 15 is 0 Å². The van der Waals surface area contributed by atoms with Crippen LogP contribution in [-0.2, 0) is 10.0 Å². The van der Waals surface area contributed by atoms with Crippen LogP contribution in [0.25, 0.3) is 0 Å². The van der Waals surface area contributed by atoms with Crippen LogP contribution in [0.2, 0.25) is 18.1 Å². The van der Waals surface area contributed by atoms with E-state index in [9.17, 15) is 5.11 Å². The summed E-state index contributed by atoms with van der Waals surface area (Å²) in [6.07, 6.45) is 15.6. The van der Waals surface area contributed by atoms with Crippen molar-refractivity contribution in [2.45, 2.75) is 116 Å². The van der Waals surface area contributed by atoms with Crippen LogP contribution in [0, 0.1) is 28.6 Å². The molecule has 0 unspecified atom stereocenters. The molecule has 0 aromatic carbocycles. The highest BCUT2D eigenvalue weighted by atomic mass is 28.4. The summed E-state index contributed by atoms with van der Waals surface area (Å²) < 4.78 is 12.3. The Hall–Kier alpha value is -0.843. The van der Waals surface area contributed by atoms with E-state index < -0.39 is 13.9 Å². The number of aliphatic hydroxyl groups is 1. The second-order valence-corrected chi connectivity index (χ2v) is 18.6. The summed E-state index contributed by atoms with van der Waals surface area (Å²) in [6.45, 7) is 16.8. The van der Waals surface area contributed by atoms with Crippen LogP contribution in [0.15, 0.2) is 34.7 Å². The Bertz CT molecular complexity index is 912. The lowest BCUT2D eigenvalue weighted by molar-refractivity contribution is -0.129. The van der Waals surface area contributed by atoms with Crippen LogP contribution in [0.3, 0.4) is 0 Å². The molecule has 5 rings (SSSR count). The van der Waals surface area contributed by atoms with Crippen molar-refractivity contribution in [3.8, 4) is 0 Å². The van der Waals surface area contributed by atoms with Gasteiger partial charge in [0.15, 0.2) is 8.32 Å². The molecule has 0 radical (unpaired) electrons. The Kier molecular flexibility index (Phi) is 5.48. The molecule has 3 nitrogen and oxygen atoms in total. The van der Waals surface area contributed by atoms with Gasteiger partial charge in [0.2, 0.25) is 0 Å². The number of fused-ring (bicyclic) bond motifs is 5. The predicted molar refractivity (Wildman–Crippen MR) is 136 cm³/mol. The molecule has 7 atom stereocenters. The summed E-state index contributed by atoms with van der Waals surface area (Å²) in [5.41, 5.74) is 2.20. The molecule has 4 heteroatoms. The van der Waals surface area contributed by atoms with Gasteiger partial charge in [-0.3, -0.25) is 0 Å². The Morgan fingerprint density at radius 1 is 1.06 bits per heavy atom. The number of furan rings is 1. The molecule has 1 N–H and O–H groups in total. The van der Waals surface area contributed by atoms with Crippen LogP contribution >= 0.6 is 0 Å². The lowest BCUT2D eigenvalue weighted by atomic mass is 9.46. The molecule has 4 aliphatic rings. The van der Waals surface area contributed by atoms with Gasteiger partial charge in [-0.05, 0) is 98.7 Å². The van der Waals surface area contributed by atoms with Gasteiger partial charge in [-0.1, -0.05) is 46.3 Å². The van der Waals surface area contributed by atoms with E-state index in [2.05, 4.69) is 53.8 Å². The molecule has 33 heavy (non-hydrogen) atoms. The molecule has 1 heterocycles. The van der Waals surface area contributed by atoms with Crippen molar-refractivity contribution in [3.63, 3.8) is 0 Å². The van der Waals surface area contributed by atoms with Gasteiger partial charge in [-0.15, -0.1) is 0 Å². The number of rotatable bonds is 3. The minimum absolute atomic E-state index is 0.0532. The van der Waals surface area contributed by atoms with Crippen molar-refractivity contribution < 1.29 is 13.9 Å². The molecule has 0 amide bonds. The molecule has 3 saturated carbocycles. The lowest BCUT2D eigenvalue weighted by Gasteiger charge is -2.59. The first-order valence-corrected chi connectivity index (χ1v) is 16.4. The van der Waals surface area contributed by atoms with Crippen molar-refractivity contribution >= 4 is 8.32 Å². The van der Waals surface area contributed by atoms with Gasteiger partial charge in [0, 0.05) is 17.1 Å². The Morgan fingerprint density at radius 2 is 1.79 bits per heavy atom. The van der Waals surface area contributed by atoms with Gasteiger partial charge < -0.3 is 13.9 Å². The Balaban J connectivity index is 1.38. The van der Waals surface area contributed by atoms with E-state index in [1.54, 1.807) is 18.1 Å². The summed E-state index contributed by atoms with van der Waals surface area (Å²) >= 11 is 0. The predicted octanol–water partition coefficient (Wildman–Crippen LogP) is 7.82. The van der Waals surface area contributed by atoms with Gasteiger partial charge in [-0.2, -0.15) is 0 Å². The van der Waals surface area contributed by atoms with E-state index in [1.807, 2.05) is 6.07 Å². The molecule has 0 spiro atoms. The smallest absolute Gasteiger partial charge is 0.192 e. The van der Waals surface area contributed by atoms with Gasteiger partial charge in [0.25, 0.3) is 0 Å². The zero-order valence-corrected chi connectivity index (χ0v) is 23.0. The fourth-order valence-electron chi connectivity index (χ4n) is 8.31. The van der Waals surface area contributed by atoms with E-state index in [0.717, 1.165) is 37.2 Å². The summed E-state index contributed by atoms with van der Waals surface area (Å²) in [7, 11) is -1.74. The normalized spacial score (nSPS) is 43.5. The number of hydrogen-bond donors (Lipinski definition) is 1. The van der Waals surface area contributed by atoms with E-state index in [1.165, 1.54) is 25.7 Å². The summed E-state index contributed by atoms with van der Waals surface area (Å²) in [6, 6.07) is 1.99. The maximum Gasteiger partial charge on any atom is 0.192 e. The molecular formula is C29H46O3Si. The molecule has 1 aromatic heterocycles. The summed E-state index contributed by atoms with van der Waals surface area (Å²) in [5.74, 6) is 2.03. The van der Waals surface area contributed by atoms with E-state index in [0.29, 0.717) is 23.4 Å². The van der Waals surface area contributed by atoms with Gasteiger partial charge in [0.1, 0.15) is 0 Å². The lowest BCUT2D eigenvalue weighted by Crippen LogP contribution is -2.54. The SMILES string of the molecule is CC(C)(C)[Si](C)(C)O[C@H]1CC[C@@]2(C)C(=CC[C@@H]3[C@@H]2CC[C@@]2(C)[C@H]3CC[C@@]2(O)c2ccoc2)C1. The quantitative estimate of drug-likeness (QED) is 0.362. The van der Waals surface area contributed by atoms with E-state index in [4.69, 9.17) is 8.84 Å². The monoisotopic (exact) mass is 470 g/mol. The van der Waals surface area contributed by atoms with Crippen LogP contribution in [-0.4, -0.2) is 19.5 Å². The fourth-order valence-corrected chi connectivity index (χ4v) is 9.70. The highest BCUT2D eigenvalue weighted by Crippen LogP contribution is 2.69. The number of allylic oxidation sites excluding steroid dienone is 1. The van der Waals surface area contributed by atoms with Crippen molar-refractivity contribution in [1.82, 2.24) is 0 Å². The maximum absolute atomic E-state index is 11.9. The third-order valence-electron chi connectivity index (χ3n) is 11.5. The van der Waals surface area contributed by atoms with Crippen molar-refractivity contribution in [2.75, 3.05) is 0 Å². The van der Waals surface area contributed by atoms with Crippen LogP contribution in [0.4, 0.5) is 0 Å². The van der Waals surface area contributed by atoms with Crippen molar-refractivity contribution in [3.05, 3.63) is 35.8 Å². The minimum atomic E-state index is -1.74. The van der Waals surface area contributed by atoms with Crippen LogP contribution in [0.1, 0.15) is 91.5 Å². The first-order valence-electron chi connectivity index (χ1n) is 13.4. The van der Waals surface area contributed by atoms with Crippen molar-refractivity contribution in [2.24, 2.45) is 28.6 Å². The topological polar surface area (TPSA) is 42.6 Å². The zero-order chi connectivity index (χ0) is 23.9. The molecule has 184 valence electrons. The zero-order valence-electron chi connectivity index (χ0n) is 22.0. The Morgan fingerprint density at radius 3 is 2.45 bits per heavy atom. The molecule has 3 fully saturated rings. The standard InChI is InChI=1S/C29H46O3Si/c1-26(2,3)33(6,7)32-22-10-14-27(4)20(18-22)8-9-23-24(27)11-15-28(5)25(23)12-16-29(28,30)21-13-17-31-19-21/h8,13,17,19,22-25,30H,9-12,14-16,18H2,1-7H3/t22-,23+,24-,25-,27-,28-,29+/m0/s1. The van der Waals surface area contributed by atoms with Crippen molar-refractivity contribution in [1.29, 1.82) is 0 Å². The van der Waals surface area contributed by atoms with E-state index in [-0.39, 0.29) is 10.5 Å². The highest BCUT2D eigenvalue weighted by molar-refractivity contribution is 6.74. The molecule has 0 aliphatic heterocycles. The molecule has 0 bridgehead atoms. The third kappa shape index (κ3) is 3.41. The second-order valence-electron chi connectivity index (χ2n) is 13.9. The maximum atomic E-state index is 11.9. The number of hydrogen-bond acceptors (Lipinski definition) is 3. The molecule has 0 saturated heterocycles. The second kappa shape index (κ2) is 7.58. The molecule has 1 aromatic rings. The van der Waals surface area contributed by atoms with Gasteiger partial charge >= 0.3 is 0 Å². The first-order chi connectivity index (χ1) is 15.3. The van der Waals surface area contributed by atoms with Crippen LogP contribution in [0.5, 0.6) is 0 Å². The minimum Gasteiger partial charge on any atom is -0.472 e. The summed E-state index contributed by atoms with van der Waals surface area (Å²) in [5, 5.41) is 12.2. The van der Waals surface area contributed by atoms with Crippen LogP contribution < -0.4 is 0 Å². The largest absolute Gasteiger partial charge is 0.472 e. The first kappa shape index (κ1) is 23.9. The summed E-state index contributed by atoms with van der Waals surface area (Å²) in [4.78, 5) is 0. The molecule has 4 aliphatic carbocycles. The average molecular weight is 471 g/mol. The highest BCUT2D eigenvalue weighted by Gasteiger charge is 2.64. The van der Waals surface area contributed by atoms with Gasteiger partial charge in [0.05, 0.1) is 18.1 Å². The van der Waals surface area contributed by atoms with Gasteiger partial charge in [-0.25, -0.2) is 0 Å². The Labute approximate surface area is 202 Å². The molecular weight excluding hydrogens is 424 g/mol.